The standard InChI is InChI=1S/C13H9Cl2F2N/c14-10(5-8-1-3-18-4-2-8)9-6-13(17)11(15)7-12(9)16/h1-4,6-7,10H,5H2. The highest BCUT2D eigenvalue weighted by Crippen LogP contribution is 2.30. The molecular formula is C13H9Cl2F2N. The predicted molar refractivity (Wildman–Crippen MR) is 67.9 cm³/mol. The minimum Gasteiger partial charge on any atom is -0.265 e. The monoisotopic (exact) mass is 287 g/mol. The fourth-order valence-corrected chi connectivity index (χ4v) is 2.11. The van der Waals surface area contributed by atoms with Crippen LogP contribution in [0, 0.1) is 11.6 Å². The molecule has 94 valence electrons. The van der Waals surface area contributed by atoms with Gasteiger partial charge in [0.1, 0.15) is 11.6 Å². The first-order valence-corrected chi connectivity index (χ1v) is 6.07. The lowest BCUT2D eigenvalue weighted by Gasteiger charge is -2.11. The van der Waals surface area contributed by atoms with E-state index in [0.717, 1.165) is 17.7 Å². The van der Waals surface area contributed by atoms with E-state index in [2.05, 4.69) is 4.98 Å². The van der Waals surface area contributed by atoms with Crippen molar-refractivity contribution >= 4 is 23.2 Å². The van der Waals surface area contributed by atoms with Crippen LogP contribution < -0.4 is 0 Å². The zero-order chi connectivity index (χ0) is 13.1. The Bertz CT molecular complexity index is 546. The number of rotatable bonds is 3. The molecular weight excluding hydrogens is 279 g/mol. The van der Waals surface area contributed by atoms with Crippen molar-refractivity contribution in [2.75, 3.05) is 0 Å². The van der Waals surface area contributed by atoms with Crippen molar-refractivity contribution in [3.05, 3.63) is 64.4 Å². The fourth-order valence-electron chi connectivity index (χ4n) is 1.61. The van der Waals surface area contributed by atoms with Gasteiger partial charge in [0.15, 0.2) is 0 Å². The Kier molecular flexibility index (Phi) is 4.15. The Labute approximate surface area is 113 Å². The molecule has 1 heterocycles. The lowest BCUT2D eigenvalue weighted by atomic mass is 10.0. The minimum absolute atomic E-state index is 0.107. The molecule has 5 heteroatoms. The molecule has 1 nitrogen and oxygen atoms in total. The van der Waals surface area contributed by atoms with Gasteiger partial charge >= 0.3 is 0 Å². The summed E-state index contributed by atoms with van der Waals surface area (Å²) in [6.45, 7) is 0. The Morgan fingerprint density at radius 3 is 2.44 bits per heavy atom. The number of hydrogen-bond acceptors (Lipinski definition) is 1. The zero-order valence-corrected chi connectivity index (χ0v) is 10.7. The topological polar surface area (TPSA) is 12.9 Å². The van der Waals surface area contributed by atoms with E-state index in [9.17, 15) is 8.78 Å². The summed E-state index contributed by atoms with van der Waals surface area (Å²) in [4.78, 5) is 3.87. The summed E-state index contributed by atoms with van der Waals surface area (Å²) in [5.74, 6) is -1.27. The maximum absolute atomic E-state index is 13.6. The molecule has 1 aromatic heterocycles. The molecule has 2 rings (SSSR count). The average Bonchev–Trinajstić information content (AvgIpc) is 2.35. The van der Waals surface area contributed by atoms with Crippen LogP contribution >= 0.6 is 23.2 Å². The maximum Gasteiger partial charge on any atom is 0.142 e. The lowest BCUT2D eigenvalue weighted by Crippen LogP contribution is -2.00. The molecule has 0 saturated heterocycles. The van der Waals surface area contributed by atoms with Crippen LogP contribution in [0.3, 0.4) is 0 Å². The van der Waals surface area contributed by atoms with Gasteiger partial charge in [-0.25, -0.2) is 8.78 Å². The molecule has 0 spiro atoms. The third-order valence-corrected chi connectivity index (χ3v) is 3.22. The molecule has 1 atom stereocenters. The van der Waals surface area contributed by atoms with Crippen molar-refractivity contribution < 1.29 is 8.78 Å². The van der Waals surface area contributed by atoms with Crippen LogP contribution in [-0.4, -0.2) is 4.98 Å². The van der Waals surface area contributed by atoms with E-state index in [-0.39, 0.29) is 10.6 Å². The van der Waals surface area contributed by atoms with Gasteiger partial charge in [-0.2, -0.15) is 0 Å². The van der Waals surface area contributed by atoms with E-state index in [1.807, 2.05) is 0 Å². The summed E-state index contributed by atoms with van der Waals surface area (Å²) < 4.78 is 26.9. The fraction of sp³-hybridized carbons (Fsp3) is 0.154. The molecule has 0 fully saturated rings. The molecule has 0 aliphatic heterocycles. The number of pyridine rings is 1. The molecule has 0 saturated carbocycles. The summed E-state index contributed by atoms with van der Waals surface area (Å²) in [5, 5.41) is -0.900. The second-order valence-corrected chi connectivity index (χ2v) is 4.75. The molecule has 0 radical (unpaired) electrons. The molecule has 0 aliphatic rings. The zero-order valence-electron chi connectivity index (χ0n) is 9.21. The molecule has 18 heavy (non-hydrogen) atoms. The number of hydrogen-bond donors (Lipinski definition) is 0. The second-order valence-electron chi connectivity index (χ2n) is 3.81. The van der Waals surface area contributed by atoms with Gasteiger partial charge in [-0.05, 0) is 36.2 Å². The van der Waals surface area contributed by atoms with Crippen molar-refractivity contribution in [3.8, 4) is 0 Å². The first-order valence-electron chi connectivity index (χ1n) is 5.25. The average molecular weight is 288 g/mol. The molecule has 0 aliphatic carbocycles. The van der Waals surface area contributed by atoms with E-state index in [1.54, 1.807) is 24.5 Å². The highest BCUT2D eigenvalue weighted by atomic mass is 35.5. The molecule has 0 bridgehead atoms. The van der Waals surface area contributed by atoms with Crippen LogP contribution in [0.1, 0.15) is 16.5 Å². The number of benzene rings is 1. The van der Waals surface area contributed by atoms with Crippen LogP contribution in [0.2, 0.25) is 5.02 Å². The number of halogens is 4. The molecule has 0 amide bonds. The first-order chi connectivity index (χ1) is 8.58. The van der Waals surface area contributed by atoms with Gasteiger partial charge in [-0.3, -0.25) is 4.98 Å². The summed E-state index contributed by atoms with van der Waals surface area (Å²) >= 11 is 11.6. The number of nitrogens with zero attached hydrogens (tertiary/aromatic N) is 1. The molecule has 2 aromatic rings. The summed E-state index contributed by atoms with van der Waals surface area (Å²) in [5.41, 5.74) is 1.01. The Hall–Kier alpha value is -1.19. The van der Waals surface area contributed by atoms with Crippen LogP contribution in [0.4, 0.5) is 8.78 Å². The third kappa shape index (κ3) is 2.98. The van der Waals surface area contributed by atoms with Crippen molar-refractivity contribution in [3.63, 3.8) is 0 Å². The predicted octanol–water partition coefficient (Wildman–Crippen LogP) is 4.54. The largest absolute Gasteiger partial charge is 0.265 e. The lowest BCUT2D eigenvalue weighted by molar-refractivity contribution is 0.582. The van der Waals surface area contributed by atoms with Crippen LogP contribution in [-0.2, 0) is 6.42 Å². The van der Waals surface area contributed by atoms with E-state index in [1.165, 1.54) is 0 Å². The Morgan fingerprint density at radius 1 is 1.11 bits per heavy atom. The smallest absolute Gasteiger partial charge is 0.142 e. The van der Waals surface area contributed by atoms with Crippen molar-refractivity contribution in [1.29, 1.82) is 0 Å². The number of alkyl halides is 1. The van der Waals surface area contributed by atoms with Crippen molar-refractivity contribution in [2.45, 2.75) is 11.8 Å². The van der Waals surface area contributed by atoms with Crippen molar-refractivity contribution in [1.82, 2.24) is 4.98 Å². The van der Waals surface area contributed by atoms with Gasteiger partial charge in [0.05, 0.1) is 10.4 Å². The van der Waals surface area contributed by atoms with Crippen molar-refractivity contribution in [2.24, 2.45) is 0 Å². The summed E-state index contributed by atoms with van der Waals surface area (Å²) in [6, 6.07) is 5.53. The first kappa shape index (κ1) is 13.2. The van der Waals surface area contributed by atoms with Crippen LogP contribution in [0.25, 0.3) is 0 Å². The van der Waals surface area contributed by atoms with Gasteiger partial charge in [0.2, 0.25) is 0 Å². The SMILES string of the molecule is Fc1cc(C(Cl)Cc2ccncc2)c(F)cc1Cl. The van der Waals surface area contributed by atoms with E-state index in [4.69, 9.17) is 23.2 Å². The van der Waals surface area contributed by atoms with E-state index < -0.39 is 17.0 Å². The van der Waals surface area contributed by atoms with Gasteiger partial charge in [-0.15, -0.1) is 11.6 Å². The van der Waals surface area contributed by atoms with Crippen LogP contribution in [0.15, 0.2) is 36.7 Å². The van der Waals surface area contributed by atoms with Crippen LogP contribution in [0.5, 0.6) is 0 Å². The summed E-state index contributed by atoms with van der Waals surface area (Å²) in [6.07, 6.45) is 3.64. The molecule has 1 unspecified atom stereocenters. The van der Waals surface area contributed by atoms with E-state index in [0.29, 0.717) is 6.42 Å². The Balaban J connectivity index is 2.24. The van der Waals surface area contributed by atoms with Gasteiger partial charge < -0.3 is 0 Å². The normalized spacial score (nSPS) is 12.4. The Morgan fingerprint density at radius 2 is 1.78 bits per heavy atom. The van der Waals surface area contributed by atoms with Gasteiger partial charge in [0.25, 0.3) is 0 Å². The van der Waals surface area contributed by atoms with Gasteiger partial charge in [-0.1, -0.05) is 11.6 Å². The second kappa shape index (κ2) is 5.63. The third-order valence-electron chi connectivity index (χ3n) is 2.54. The maximum atomic E-state index is 13.6. The van der Waals surface area contributed by atoms with E-state index >= 15 is 0 Å². The molecule has 1 aromatic carbocycles. The molecule has 0 N–H and O–H groups in total. The van der Waals surface area contributed by atoms with Gasteiger partial charge in [0, 0.05) is 18.0 Å². The number of aromatic nitrogens is 1. The quantitative estimate of drug-likeness (QED) is 0.597. The highest BCUT2D eigenvalue weighted by molar-refractivity contribution is 6.30. The highest BCUT2D eigenvalue weighted by Gasteiger charge is 2.16. The minimum atomic E-state index is -0.673. The summed E-state index contributed by atoms with van der Waals surface area (Å²) in [7, 11) is 0.